The van der Waals surface area contributed by atoms with E-state index in [2.05, 4.69) is 5.32 Å². The molecule has 1 aromatic carbocycles. The number of benzene rings is 1. The van der Waals surface area contributed by atoms with Crippen LogP contribution in [0.1, 0.15) is 58.3 Å². The first-order chi connectivity index (χ1) is 11.2. The molecule has 0 aliphatic heterocycles. The van der Waals surface area contributed by atoms with Gasteiger partial charge in [0, 0.05) is 6.54 Å². The van der Waals surface area contributed by atoms with Crippen molar-refractivity contribution in [2.45, 2.75) is 53.6 Å². The zero-order valence-electron chi connectivity index (χ0n) is 15.6. The van der Waals surface area contributed by atoms with Gasteiger partial charge in [0.15, 0.2) is 0 Å². The average Bonchev–Trinajstić information content (AvgIpc) is 2.49. The van der Waals surface area contributed by atoms with Crippen LogP contribution in [0.5, 0.6) is 0 Å². The quantitative estimate of drug-likeness (QED) is 0.608. The van der Waals surface area contributed by atoms with Crippen molar-refractivity contribution in [3.8, 4) is 0 Å². The van der Waals surface area contributed by atoms with Crippen LogP contribution in [-0.4, -0.2) is 30.7 Å². The van der Waals surface area contributed by atoms with Crippen molar-refractivity contribution in [1.82, 2.24) is 0 Å². The standard InChI is InChI=1S/C16H24N2O4.C2H6/c1-5-21-14(19)8-9-18-13-10-11(6-7-12(13)17)15(20)22-16(2,3)4;1-2/h6-7,10,18H,5,8-9,17H2,1-4H3;1-2H3. The molecular weight excluding hydrogens is 308 g/mol. The van der Waals surface area contributed by atoms with E-state index in [1.165, 1.54) is 0 Å². The summed E-state index contributed by atoms with van der Waals surface area (Å²) in [6.07, 6.45) is 0.226. The summed E-state index contributed by atoms with van der Waals surface area (Å²) >= 11 is 0. The fourth-order valence-electron chi connectivity index (χ4n) is 1.71. The Bertz CT molecular complexity index is 536. The molecule has 0 spiro atoms. The Balaban J connectivity index is 0.00000254. The van der Waals surface area contributed by atoms with Crippen molar-refractivity contribution in [2.24, 2.45) is 0 Å². The highest BCUT2D eigenvalue weighted by Crippen LogP contribution is 2.22. The molecule has 0 saturated carbocycles. The minimum atomic E-state index is -0.560. The number of carbonyl (C=O) groups is 2. The third-order valence-corrected chi connectivity index (χ3v) is 2.64. The number of rotatable bonds is 6. The van der Waals surface area contributed by atoms with Gasteiger partial charge in [0.2, 0.25) is 0 Å². The Morgan fingerprint density at radius 1 is 1.21 bits per heavy atom. The van der Waals surface area contributed by atoms with Crippen LogP contribution in [-0.2, 0) is 14.3 Å². The van der Waals surface area contributed by atoms with E-state index in [1.54, 1.807) is 45.9 Å². The fourth-order valence-corrected chi connectivity index (χ4v) is 1.71. The monoisotopic (exact) mass is 338 g/mol. The summed E-state index contributed by atoms with van der Waals surface area (Å²) in [6.45, 7) is 11.9. The van der Waals surface area contributed by atoms with E-state index in [0.29, 0.717) is 30.1 Å². The van der Waals surface area contributed by atoms with Crippen LogP contribution in [0.25, 0.3) is 0 Å². The molecule has 0 bridgehead atoms. The fraction of sp³-hybridized carbons (Fsp3) is 0.556. The van der Waals surface area contributed by atoms with Crippen molar-refractivity contribution in [3.63, 3.8) is 0 Å². The Labute approximate surface area is 144 Å². The zero-order chi connectivity index (χ0) is 18.8. The molecule has 0 radical (unpaired) electrons. The zero-order valence-corrected chi connectivity index (χ0v) is 15.6. The minimum absolute atomic E-state index is 0.226. The van der Waals surface area contributed by atoms with Crippen LogP contribution in [0.15, 0.2) is 18.2 Å². The number of nitrogens with two attached hydrogens (primary N) is 1. The second-order valence-corrected chi connectivity index (χ2v) is 5.79. The van der Waals surface area contributed by atoms with Gasteiger partial charge in [-0.25, -0.2) is 4.79 Å². The summed E-state index contributed by atoms with van der Waals surface area (Å²) < 4.78 is 10.2. The maximum atomic E-state index is 12.0. The van der Waals surface area contributed by atoms with Crippen molar-refractivity contribution in [2.75, 3.05) is 24.2 Å². The predicted octanol–water partition coefficient (Wildman–Crippen LogP) is 3.62. The summed E-state index contributed by atoms with van der Waals surface area (Å²) in [5.41, 5.74) is 6.79. The van der Waals surface area contributed by atoms with Crippen molar-refractivity contribution in [3.05, 3.63) is 23.8 Å². The van der Waals surface area contributed by atoms with Crippen molar-refractivity contribution in [1.29, 1.82) is 0 Å². The molecule has 0 aliphatic carbocycles. The van der Waals surface area contributed by atoms with E-state index in [9.17, 15) is 9.59 Å². The molecule has 1 aromatic rings. The molecule has 3 N–H and O–H groups in total. The molecule has 24 heavy (non-hydrogen) atoms. The molecule has 136 valence electrons. The molecule has 0 saturated heterocycles. The molecule has 6 nitrogen and oxygen atoms in total. The Morgan fingerprint density at radius 2 is 1.83 bits per heavy atom. The molecule has 0 unspecified atom stereocenters. The smallest absolute Gasteiger partial charge is 0.338 e. The van der Waals surface area contributed by atoms with E-state index < -0.39 is 11.6 Å². The van der Waals surface area contributed by atoms with Crippen LogP contribution in [0.3, 0.4) is 0 Å². The highest BCUT2D eigenvalue weighted by atomic mass is 16.6. The molecule has 0 fully saturated rings. The summed E-state index contributed by atoms with van der Waals surface area (Å²) in [5.74, 6) is -0.696. The van der Waals surface area contributed by atoms with Gasteiger partial charge in [-0.05, 0) is 45.9 Å². The number of ether oxygens (including phenoxy) is 2. The van der Waals surface area contributed by atoms with Crippen LogP contribution >= 0.6 is 0 Å². The van der Waals surface area contributed by atoms with Gasteiger partial charge in [-0.15, -0.1) is 0 Å². The molecule has 0 atom stereocenters. The molecule has 0 aliphatic rings. The number of esters is 2. The van der Waals surface area contributed by atoms with Gasteiger partial charge in [-0.1, -0.05) is 13.8 Å². The van der Waals surface area contributed by atoms with E-state index >= 15 is 0 Å². The normalized spacial score (nSPS) is 10.2. The van der Waals surface area contributed by atoms with Crippen molar-refractivity contribution < 1.29 is 19.1 Å². The first kappa shape index (κ1) is 21.8. The van der Waals surface area contributed by atoms with Crippen LogP contribution in [0, 0.1) is 0 Å². The third-order valence-electron chi connectivity index (χ3n) is 2.64. The highest BCUT2D eigenvalue weighted by Gasteiger charge is 2.18. The van der Waals surface area contributed by atoms with E-state index in [0.717, 1.165) is 0 Å². The number of hydrogen-bond donors (Lipinski definition) is 2. The third kappa shape index (κ3) is 8.41. The van der Waals surface area contributed by atoms with Crippen molar-refractivity contribution >= 4 is 23.3 Å². The summed E-state index contributed by atoms with van der Waals surface area (Å²) in [6, 6.07) is 4.86. The van der Waals surface area contributed by atoms with Gasteiger partial charge < -0.3 is 20.5 Å². The Morgan fingerprint density at radius 3 is 2.38 bits per heavy atom. The van der Waals surface area contributed by atoms with Crippen LogP contribution in [0.2, 0.25) is 0 Å². The lowest BCUT2D eigenvalue weighted by Crippen LogP contribution is -2.24. The molecule has 0 aromatic heterocycles. The first-order valence-corrected chi connectivity index (χ1v) is 8.25. The van der Waals surface area contributed by atoms with E-state index in [-0.39, 0.29) is 12.4 Å². The highest BCUT2D eigenvalue weighted by molar-refractivity contribution is 5.92. The lowest BCUT2D eigenvalue weighted by atomic mass is 10.1. The maximum absolute atomic E-state index is 12.0. The Hall–Kier alpha value is -2.24. The number of anilines is 2. The van der Waals surface area contributed by atoms with Gasteiger partial charge in [-0.2, -0.15) is 0 Å². The molecule has 0 amide bonds. The molecule has 6 heteroatoms. The second kappa shape index (κ2) is 10.5. The lowest BCUT2D eigenvalue weighted by molar-refractivity contribution is -0.142. The van der Waals surface area contributed by atoms with E-state index in [4.69, 9.17) is 15.2 Å². The number of hydrogen-bond acceptors (Lipinski definition) is 6. The van der Waals surface area contributed by atoms with Crippen LogP contribution < -0.4 is 11.1 Å². The first-order valence-electron chi connectivity index (χ1n) is 8.25. The summed E-state index contributed by atoms with van der Waals surface area (Å²) in [7, 11) is 0. The summed E-state index contributed by atoms with van der Waals surface area (Å²) in [5, 5.41) is 3.03. The molecular formula is C18H30N2O4. The molecule has 0 heterocycles. The Kier molecular flexibility index (Phi) is 9.54. The number of nitrogen functional groups attached to an aromatic ring is 1. The number of nitrogens with one attached hydrogen (secondary N) is 1. The topological polar surface area (TPSA) is 90.6 Å². The van der Waals surface area contributed by atoms with Gasteiger partial charge in [-0.3, -0.25) is 4.79 Å². The SMILES string of the molecule is CC.CCOC(=O)CCNc1cc(C(=O)OC(C)(C)C)ccc1N. The lowest BCUT2D eigenvalue weighted by Gasteiger charge is -2.20. The van der Waals surface area contributed by atoms with E-state index in [1.807, 2.05) is 13.8 Å². The number of carbonyl (C=O) groups excluding carboxylic acids is 2. The largest absolute Gasteiger partial charge is 0.466 e. The average molecular weight is 338 g/mol. The molecule has 1 rings (SSSR count). The minimum Gasteiger partial charge on any atom is -0.466 e. The van der Waals surface area contributed by atoms with Gasteiger partial charge >= 0.3 is 11.9 Å². The second-order valence-electron chi connectivity index (χ2n) is 5.79. The summed E-state index contributed by atoms with van der Waals surface area (Å²) in [4.78, 5) is 23.3. The van der Waals surface area contributed by atoms with Gasteiger partial charge in [0.1, 0.15) is 5.60 Å². The predicted molar refractivity (Wildman–Crippen MR) is 97.1 cm³/mol. The van der Waals surface area contributed by atoms with Crippen LogP contribution in [0.4, 0.5) is 11.4 Å². The van der Waals surface area contributed by atoms with Gasteiger partial charge in [0.05, 0.1) is 30.0 Å². The van der Waals surface area contributed by atoms with Gasteiger partial charge in [0.25, 0.3) is 0 Å². The maximum Gasteiger partial charge on any atom is 0.338 e.